The lowest BCUT2D eigenvalue weighted by Gasteiger charge is -2.29. The first kappa shape index (κ1) is 18.9. The Hall–Kier alpha value is -2.45. The van der Waals surface area contributed by atoms with Crippen molar-refractivity contribution in [2.75, 3.05) is 54.6 Å². The summed E-state index contributed by atoms with van der Waals surface area (Å²) >= 11 is 0. The molecule has 0 saturated carbocycles. The summed E-state index contributed by atoms with van der Waals surface area (Å²) in [4.78, 5) is 12.7. The third-order valence-electron chi connectivity index (χ3n) is 5.37. The zero-order valence-corrected chi connectivity index (χ0v) is 15.9. The van der Waals surface area contributed by atoms with Crippen molar-refractivity contribution in [1.29, 1.82) is 0 Å². The van der Waals surface area contributed by atoms with Crippen molar-refractivity contribution in [3.8, 4) is 0 Å². The van der Waals surface area contributed by atoms with Crippen molar-refractivity contribution in [2.45, 2.75) is 25.4 Å². The van der Waals surface area contributed by atoms with Crippen molar-refractivity contribution in [3.05, 3.63) is 42.0 Å². The van der Waals surface area contributed by atoms with Crippen LogP contribution in [0.4, 0.5) is 21.7 Å². The Labute approximate surface area is 164 Å². The molecule has 8 heteroatoms. The summed E-state index contributed by atoms with van der Waals surface area (Å²) in [6.07, 6.45) is 3.54. The van der Waals surface area contributed by atoms with Gasteiger partial charge in [-0.05, 0) is 30.5 Å². The number of halogens is 1. The van der Waals surface area contributed by atoms with Gasteiger partial charge in [-0.25, -0.2) is 14.4 Å². The SMILES string of the molecule is OCC1CCCN1c1cc(NCc2ccc(N3CCOCC3)c(F)c2)ncn1. The fourth-order valence-electron chi connectivity index (χ4n) is 3.84. The third kappa shape index (κ3) is 4.18. The Kier molecular flexibility index (Phi) is 5.87. The van der Waals surface area contributed by atoms with Gasteiger partial charge in [0.25, 0.3) is 0 Å². The van der Waals surface area contributed by atoms with Gasteiger partial charge in [0.15, 0.2) is 0 Å². The molecule has 2 N–H and O–H groups in total. The number of nitrogens with zero attached hydrogens (tertiary/aromatic N) is 4. The van der Waals surface area contributed by atoms with Crippen molar-refractivity contribution in [2.24, 2.45) is 0 Å². The lowest BCUT2D eigenvalue weighted by molar-refractivity contribution is 0.122. The van der Waals surface area contributed by atoms with Crippen LogP contribution in [-0.2, 0) is 11.3 Å². The van der Waals surface area contributed by atoms with E-state index in [9.17, 15) is 9.50 Å². The molecule has 1 aromatic heterocycles. The van der Waals surface area contributed by atoms with Crippen LogP contribution in [0.2, 0.25) is 0 Å². The van der Waals surface area contributed by atoms with Gasteiger partial charge in [-0.2, -0.15) is 0 Å². The highest BCUT2D eigenvalue weighted by atomic mass is 19.1. The fraction of sp³-hybridized carbons (Fsp3) is 0.500. The minimum absolute atomic E-state index is 0.115. The minimum Gasteiger partial charge on any atom is -0.394 e. The van der Waals surface area contributed by atoms with Crippen molar-refractivity contribution >= 4 is 17.3 Å². The van der Waals surface area contributed by atoms with E-state index in [-0.39, 0.29) is 18.5 Å². The van der Waals surface area contributed by atoms with Gasteiger partial charge in [0.2, 0.25) is 0 Å². The van der Waals surface area contributed by atoms with E-state index in [4.69, 9.17) is 4.74 Å². The predicted molar refractivity (Wildman–Crippen MR) is 106 cm³/mol. The second-order valence-electron chi connectivity index (χ2n) is 7.17. The normalized spacial score (nSPS) is 19.9. The molecule has 0 amide bonds. The van der Waals surface area contributed by atoms with Gasteiger partial charge in [0.1, 0.15) is 23.8 Å². The largest absolute Gasteiger partial charge is 0.394 e. The van der Waals surface area contributed by atoms with Crippen LogP contribution in [0.1, 0.15) is 18.4 Å². The van der Waals surface area contributed by atoms with E-state index in [1.165, 1.54) is 6.33 Å². The summed E-state index contributed by atoms with van der Waals surface area (Å²) < 4.78 is 19.9. The van der Waals surface area contributed by atoms with Crippen LogP contribution in [-0.4, -0.2) is 60.6 Å². The number of benzene rings is 1. The van der Waals surface area contributed by atoms with Crippen molar-refractivity contribution in [1.82, 2.24) is 9.97 Å². The monoisotopic (exact) mass is 387 g/mol. The predicted octanol–water partition coefficient (Wildman–Crippen LogP) is 2.03. The maximum absolute atomic E-state index is 14.5. The second kappa shape index (κ2) is 8.70. The molecule has 0 bridgehead atoms. The van der Waals surface area contributed by atoms with Gasteiger partial charge < -0.3 is 25.0 Å². The molecule has 2 fully saturated rings. The molecule has 2 aromatic rings. The molecule has 3 heterocycles. The van der Waals surface area contributed by atoms with Crippen LogP contribution in [0.25, 0.3) is 0 Å². The fourth-order valence-corrected chi connectivity index (χ4v) is 3.84. The van der Waals surface area contributed by atoms with Gasteiger partial charge in [0, 0.05) is 32.2 Å². The summed E-state index contributed by atoms with van der Waals surface area (Å²) in [5.41, 5.74) is 1.48. The van der Waals surface area contributed by atoms with Gasteiger partial charge >= 0.3 is 0 Å². The quantitative estimate of drug-likeness (QED) is 0.786. The van der Waals surface area contributed by atoms with E-state index in [0.717, 1.165) is 30.8 Å². The maximum atomic E-state index is 14.5. The molecule has 0 radical (unpaired) electrons. The molecule has 150 valence electrons. The number of rotatable bonds is 6. The first-order valence-electron chi connectivity index (χ1n) is 9.79. The van der Waals surface area contributed by atoms with Crippen molar-refractivity contribution < 1.29 is 14.2 Å². The zero-order chi connectivity index (χ0) is 19.3. The topological polar surface area (TPSA) is 73.8 Å². The number of aromatic nitrogens is 2. The molecule has 2 aliphatic rings. The molecule has 0 spiro atoms. The lowest BCUT2D eigenvalue weighted by Crippen LogP contribution is -2.36. The van der Waals surface area contributed by atoms with Gasteiger partial charge in [0.05, 0.1) is 31.5 Å². The molecular formula is C20H26FN5O2. The van der Waals surface area contributed by atoms with Crippen LogP contribution >= 0.6 is 0 Å². The van der Waals surface area contributed by atoms with Crippen LogP contribution in [0.5, 0.6) is 0 Å². The highest BCUT2D eigenvalue weighted by Gasteiger charge is 2.25. The molecular weight excluding hydrogens is 361 g/mol. The molecule has 0 aliphatic carbocycles. The number of hydrogen-bond acceptors (Lipinski definition) is 7. The van der Waals surface area contributed by atoms with E-state index in [1.807, 2.05) is 23.1 Å². The highest BCUT2D eigenvalue weighted by Crippen LogP contribution is 2.25. The molecule has 28 heavy (non-hydrogen) atoms. The van der Waals surface area contributed by atoms with Gasteiger partial charge in [-0.3, -0.25) is 0 Å². The van der Waals surface area contributed by atoms with E-state index in [0.29, 0.717) is 44.4 Å². The van der Waals surface area contributed by atoms with Crippen LogP contribution < -0.4 is 15.1 Å². The lowest BCUT2D eigenvalue weighted by atomic mass is 10.1. The van der Waals surface area contributed by atoms with E-state index >= 15 is 0 Å². The number of aliphatic hydroxyl groups excluding tert-OH is 1. The zero-order valence-electron chi connectivity index (χ0n) is 15.9. The smallest absolute Gasteiger partial charge is 0.146 e. The average Bonchev–Trinajstić information content (AvgIpc) is 3.22. The third-order valence-corrected chi connectivity index (χ3v) is 5.37. The van der Waals surface area contributed by atoms with Crippen LogP contribution in [0, 0.1) is 5.82 Å². The number of hydrogen-bond donors (Lipinski definition) is 2. The second-order valence-corrected chi connectivity index (χ2v) is 7.17. The summed E-state index contributed by atoms with van der Waals surface area (Å²) in [5.74, 6) is 1.28. The molecule has 7 nitrogen and oxygen atoms in total. The van der Waals surface area contributed by atoms with Crippen molar-refractivity contribution in [3.63, 3.8) is 0 Å². The minimum atomic E-state index is -0.215. The highest BCUT2D eigenvalue weighted by molar-refractivity contribution is 5.52. The van der Waals surface area contributed by atoms with E-state index < -0.39 is 0 Å². The number of aliphatic hydroxyl groups is 1. The number of morpholine rings is 1. The van der Waals surface area contributed by atoms with Gasteiger partial charge in [-0.15, -0.1) is 0 Å². The van der Waals surface area contributed by atoms with Crippen LogP contribution in [0.3, 0.4) is 0 Å². The van der Waals surface area contributed by atoms with Crippen LogP contribution in [0.15, 0.2) is 30.6 Å². The number of ether oxygens (including phenoxy) is 1. The Morgan fingerprint density at radius 2 is 2.04 bits per heavy atom. The van der Waals surface area contributed by atoms with E-state index in [2.05, 4.69) is 20.2 Å². The molecule has 1 atom stereocenters. The Balaban J connectivity index is 1.40. The summed E-state index contributed by atoms with van der Waals surface area (Å²) in [6, 6.07) is 7.34. The molecule has 1 unspecified atom stereocenters. The Bertz CT molecular complexity index is 800. The molecule has 2 aliphatic heterocycles. The maximum Gasteiger partial charge on any atom is 0.146 e. The Morgan fingerprint density at radius 1 is 1.18 bits per heavy atom. The van der Waals surface area contributed by atoms with Gasteiger partial charge in [-0.1, -0.05) is 6.07 Å². The molecule has 4 rings (SSSR count). The molecule has 1 aromatic carbocycles. The standard InChI is InChI=1S/C20H26FN5O2/c21-17-10-15(3-4-18(17)25-6-8-28-9-7-25)12-22-19-11-20(24-14-23-19)26-5-1-2-16(26)13-27/h3-4,10-11,14,16,27H,1-2,5-9,12-13H2,(H,22,23,24). The molecule has 2 saturated heterocycles. The first-order valence-corrected chi connectivity index (χ1v) is 9.79. The summed E-state index contributed by atoms with van der Waals surface area (Å²) in [5, 5.41) is 12.8. The van der Waals surface area contributed by atoms with E-state index in [1.54, 1.807) is 6.07 Å². The summed E-state index contributed by atoms with van der Waals surface area (Å²) in [7, 11) is 0. The Morgan fingerprint density at radius 3 is 2.82 bits per heavy atom. The number of nitrogens with one attached hydrogen (secondary N) is 1. The summed E-state index contributed by atoms with van der Waals surface area (Å²) in [6.45, 7) is 4.17. The number of anilines is 3. The first-order chi connectivity index (χ1) is 13.7. The average molecular weight is 387 g/mol.